The van der Waals surface area contributed by atoms with Crippen molar-refractivity contribution in [1.29, 1.82) is 5.26 Å². The number of piperidine rings is 1. The molecule has 0 atom stereocenters. The number of anilines is 1. The molecular weight excluding hydrogens is 461 g/mol. The number of benzene rings is 2. The van der Waals surface area contributed by atoms with Gasteiger partial charge >= 0.3 is 6.03 Å². The summed E-state index contributed by atoms with van der Waals surface area (Å²) >= 11 is 0. The predicted molar refractivity (Wildman–Crippen MR) is 134 cm³/mol. The van der Waals surface area contributed by atoms with Crippen LogP contribution in [0.3, 0.4) is 0 Å². The van der Waals surface area contributed by atoms with E-state index < -0.39 is 11.8 Å². The number of ether oxygens (including phenoxy) is 2. The van der Waals surface area contributed by atoms with Crippen LogP contribution in [-0.4, -0.2) is 48.7 Å². The Morgan fingerprint density at radius 1 is 1.17 bits per heavy atom. The lowest BCUT2D eigenvalue weighted by atomic mass is 9.98. The molecule has 0 radical (unpaired) electrons. The summed E-state index contributed by atoms with van der Waals surface area (Å²) in [6.07, 6.45) is 5.62. The van der Waals surface area contributed by atoms with Gasteiger partial charge in [0.15, 0.2) is 0 Å². The normalized spacial score (nSPS) is 16.4. The monoisotopic (exact) mass is 489 g/mol. The Morgan fingerprint density at radius 2 is 1.97 bits per heavy atom. The molecule has 1 aliphatic carbocycles. The van der Waals surface area contributed by atoms with Crippen molar-refractivity contribution in [2.75, 3.05) is 32.1 Å². The molecule has 2 fully saturated rings. The molecular formula is C27H28FN5O3. The Kier molecular flexibility index (Phi) is 6.87. The summed E-state index contributed by atoms with van der Waals surface area (Å²) in [5, 5.41) is 15.6. The number of fused-ring (bicyclic) bond motifs is 1. The van der Waals surface area contributed by atoms with Crippen molar-refractivity contribution in [2.45, 2.75) is 31.7 Å². The fourth-order valence-corrected chi connectivity index (χ4v) is 4.24. The molecule has 5 rings (SSSR count). The van der Waals surface area contributed by atoms with E-state index in [0.717, 1.165) is 38.8 Å². The number of rotatable bonds is 7. The molecule has 2 amide bonds. The number of nitrogens with zero attached hydrogens (tertiary/aromatic N) is 3. The van der Waals surface area contributed by atoms with E-state index in [1.807, 2.05) is 0 Å². The number of halogens is 1. The van der Waals surface area contributed by atoms with Gasteiger partial charge in [-0.05, 0) is 76.0 Å². The van der Waals surface area contributed by atoms with Gasteiger partial charge in [0.25, 0.3) is 0 Å². The topological polar surface area (TPSA) is 99.5 Å². The van der Waals surface area contributed by atoms with Crippen LogP contribution < -0.4 is 20.1 Å². The fourth-order valence-electron chi connectivity index (χ4n) is 4.24. The molecule has 1 saturated carbocycles. The van der Waals surface area contributed by atoms with Crippen molar-refractivity contribution >= 4 is 22.6 Å². The molecule has 0 unspecified atom stereocenters. The standard InChI is InChI=1S/C27H28FN5O3/c1-33-10-7-17(8-11-33)16-35-26-14-24-21(12-18(26)15-29)25(6-9-30-24)36-20-4-5-23(22(28)13-20)32-27(34)31-19-2-3-19/h4-6,9,12-14,17,19H,2-3,7-8,10-11,16H2,1H3,(H2,31,32,34). The molecule has 36 heavy (non-hydrogen) atoms. The molecule has 0 spiro atoms. The molecule has 0 bridgehead atoms. The Labute approximate surface area is 209 Å². The van der Waals surface area contributed by atoms with E-state index in [0.29, 0.717) is 40.5 Å². The molecule has 186 valence electrons. The Morgan fingerprint density at radius 3 is 2.69 bits per heavy atom. The van der Waals surface area contributed by atoms with Gasteiger partial charge in [0, 0.05) is 29.8 Å². The van der Waals surface area contributed by atoms with Crippen LogP contribution in [-0.2, 0) is 0 Å². The average Bonchev–Trinajstić information content (AvgIpc) is 3.69. The molecule has 1 aromatic heterocycles. The van der Waals surface area contributed by atoms with Crippen molar-refractivity contribution in [3.8, 4) is 23.3 Å². The Hall–Kier alpha value is -3.90. The van der Waals surface area contributed by atoms with Crippen LogP contribution in [0.25, 0.3) is 10.9 Å². The summed E-state index contributed by atoms with van der Waals surface area (Å²) in [7, 11) is 2.12. The van der Waals surface area contributed by atoms with Gasteiger partial charge in [-0.3, -0.25) is 4.98 Å². The first kappa shape index (κ1) is 23.8. The van der Waals surface area contributed by atoms with Crippen molar-refractivity contribution in [3.05, 3.63) is 54.0 Å². The van der Waals surface area contributed by atoms with E-state index in [1.165, 1.54) is 12.1 Å². The maximum absolute atomic E-state index is 14.6. The largest absolute Gasteiger partial charge is 0.492 e. The zero-order valence-electron chi connectivity index (χ0n) is 20.1. The van der Waals surface area contributed by atoms with Crippen LogP contribution in [0.5, 0.6) is 17.2 Å². The van der Waals surface area contributed by atoms with Crippen LogP contribution >= 0.6 is 0 Å². The second-order valence-electron chi connectivity index (χ2n) is 9.46. The number of likely N-dealkylation sites (tertiary alicyclic amines) is 1. The van der Waals surface area contributed by atoms with E-state index >= 15 is 0 Å². The summed E-state index contributed by atoms with van der Waals surface area (Å²) in [5.74, 6) is 1.04. The van der Waals surface area contributed by atoms with Gasteiger partial charge in [0.2, 0.25) is 0 Å². The lowest BCUT2D eigenvalue weighted by molar-refractivity contribution is 0.160. The number of carbonyl (C=O) groups is 1. The van der Waals surface area contributed by atoms with Crippen molar-refractivity contribution in [3.63, 3.8) is 0 Å². The van der Waals surface area contributed by atoms with Crippen LogP contribution in [0.2, 0.25) is 0 Å². The molecule has 1 aliphatic heterocycles. The Balaban J connectivity index is 1.31. The number of aromatic nitrogens is 1. The van der Waals surface area contributed by atoms with Crippen LogP contribution in [0, 0.1) is 23.1 Å². The minimum Gasteiger partial charge on any atom is -0.492 e. The van der Waals surface area contributed by atoms with Crippen LogP contribution in [0.4, 0.5) is 14.9 Å². The smallest absolute Gasteiger partial charge is 0.319 e. The third-order valence-electron chi connectivity index (χ3n) is 6.57. The maximum atomic E-state index is 14.6. The lowest BCUT2D eigenvalue weighted by Crippen LogP contribution is -2.32. The maximum Gasteiger partial charge on any atom is 0.319 e. The van der Waals surface area contributed by atoms with Crippen molar-refractivity contribution in [1.82, 2.24) is 15.2 Å². The number of hydrogen-bond donors (Lipinski definition) is 2. The van der Waals surface area contributed by atoms with E-state index in [2.05, 4.69) is 33.6 Å². The number of carbonyl (C=O) groups excluding carboxylic acids is 1. The highest BCUT2D eigenvalue weighted by Gasteiger charge is 2.23. The van der Waals surface area contributed by atoms with Gasteiger partial charge in [-0.1, -0.05) is 0 Å². The van der Waals surface area contributed by atoms with E-state index in [9.17, 15) is 14.4 Å². The highest BCUT2D eigenvalue weighted by Crippen LogP contribution is 2.34. The minimum absolute atomic E-state index is 0.0678. The molecule has 2 aromatic carbocycles. The molecule has 2 N–H and O–H groups in total. The third kappa shape index (κ3) is 5.66. The van der Waals surface area contributed by atoms with Crippen LogP contribution in [0.1, 0.15) is 31.2 Å². The first-order valence-corrected chi connectivity index (χ1v) is 12.2. The molecule has 2 heterocycles. The lowest BCUT2D eigenvalue weighted by Gasteiger charge is -2.28. The molecule has 1 saturated heterocycles. The highest BCUT2D eigenvalue weighted by atomic mass is 19.1. The highest BCUT2D eigenvalue weighted by molar-refractivity contribution is 5.90. The van der Waals surface area contributed by atoms with E-state index in [-0.39, 0.29) is 17.5 Å². The average molecular weight is 490 g/mol. The number of pyridine rings is 1. The van der Waals surface area contributed by atoms with Crippen molar-refractivity contribution in [2.24, 2.45) is 5.92 Å². The number of urea groups is 1. The summed E-state index contributed by atoms with van der Waals surface area (Å²) in [5.41, 5.74) is 1.07. The number of nitriles is 1. The van der Waals surface area contributed by atoms with Gasteiger partial charge in [0.05, 0.1) is 23.4 Å². The Bertz CT molecular complexity index is 1310. The van der Waals surface area contributed by atoms with Gasteiger partial charge in [-0.25, -0.2) is 9.18 Å². The quantitative estimate of drug-likeness (QED) is 0.482. The summed E-state index contributed by atoms with van der Waals surface area (Å²) in [6.45, 7) is 2.65. The molecule has 2 aliphatic rings. The minimum atomic E-state index is -0.612. The molecule has 9 heteroatoms. The first-order chi connectivity index (χ1) is 17.5. The molecule has 8 nitrogen and oxygen atoms in total. The van der Waals surface area contributed by atoms with Gasteiger partial charge in [-0.15, -0.1) is 0 Å². The van der Waals surface area contributed by atoms with E-state index in [1.54, 1.807) is 30.5 Å². The second kappa shape index (κ2) is 10.4. The fraction of sp³-hybridized carbons (Fsp3) is 0.370. The predicted octanol–water partition coefficient (Wildman–Crippen LogP) is 5.04. The van der Waals surface area contributed by atoms with Gasteiger partial charge < -0.3 is 25.0 Å². The van der Waals surface area contributed by atoms with Crippen molar-refractivity contribution < 1.29 is 18.7 Å². The first-order valence-electron chi connectivity index (χ1n) is 12.2. The van der Waals surface area contributed by atoms with Crippen LogP contribution in [0.15, 0.2) is 42.6 Å². The van der Waals surface area contributed by atoms with E-state index in [4.69, 9.17) is 9.47 Å². The van der Waals surface area contributed by atoms with Gasteiger partial charge in [-0.2, -0.15) is 5.26 Å². The summed E-state index contributed by atoms with van der Waals surface area (Å²) < 4.78 is 26.6. The SMILES string of the molecule is CN1CCC(COc2cc3nccc(Oc4ccc(NC(=O)NC5CC5)c(F)c4)c3cc2C#N)CC1. The summed E-state index contributed by atoms with van der Waals surface area (Å²) in [6, 6.07) is 11.3. The third-order valence-corrected chi connectivity index (χ3v) is 6.57. The second-order valence-corrected chi connectivity index (χ2v) is 9.46. The molecule has 3 aromatic rings. The zero-order chi connectivity index (χ0) is 25.1. The zero-order valence-corrected chi connectivity index (χ0v) is 20.1. The number of nitrogens with one attached hydrogen (secondary N) is 2. The summed E-state index contributed by atoms with van der Waals surface area (Å²) in [4.78, 5) is 18.6. The number of hydrogen-bond acceptors (Lipinski definition) is 6. The number of amides is 2. The van der Waals surface area contributed by atoms with Gasteiger partial charge in [0.1, 0.15) is 29.1 Å².